The number of nitrogens with one attached hydrogen (secondary N) is 1. The molecule has 2 N–H and O–H groups in total. The van der Waals surface area contributed by atoms with Gasteiger partial charge in [-0.1, -0.05) is 13.8 Å². The summed E-state index contributed by atoms with van der Waals surface area (Å²) in [6, 6.07) is 4.56. The molecule has 1 fully saturated rings. The molecule has 4 rings (SSSR count). The highest BCUT2D eigenvalue weighted by Crippen LogP contribution is 2.39. The second-order valence-electron chi connectivity index (χ2n) is 9.69. The van der Waals surface area contributed by atoms with E-state index in [9.17, 15) is 18.3 Å². The number of sulfonamides is 1. The standard InChI is InChI=1S/C25H39N5O5S.ClH/c1-4-8-29-17-21-23(26-25(32)24(21)27(3)18-29)20-16-19(6-7-22(20)35-15-5-2)36(33,34)30-11-9-28(10-12-30)13-14-31;/h6-7,16,23,31H,4-5,8-15,17-18H2,1-3H3,(H,26,32);1H. The molecule has 1 amide bonds. The quantitative estimate of drug-likeness (QED) is 0.443. The molecule has 10 nitrogen and oxygen atoms in total. The zero-order valence-electron chi connectivity index (χ0n) is 22.0. The van der Waals surface area contributed by atoms with Crippen molar-refractivity contribution in [2.24, 2.45) is 0 Å². The van der Waals surface area contributed by atoms with Crippen LogP contribution >= 0.6 is 12.4 Å². The summed E-state index contributed by atoms with van der Waals surface area (Å²) >= 11 is 0. The number of amides is 1. The molecule has 3 aliphatic rings. The topological polar surface area (TPSA) is 106 Å². The summed E-state index contributed by atoms with van der Waals surface area (Å²) in [6.07, 6.45) is 1.82. The van der Waals surface area contributed by atoms with Crippen LogP contribution in [-0.2, 0) is 14.8 Å². The normalized spacial score (nSPS) is 21.6. The Morgan fingerprint density at radius 2 is 1.81 bits per heavy atom. The van der Waals surface area contributed by atoms with Crippen molar-refractivity contribution >= 4 is 28.3 Å². The third kappa shape index (κ3) is 6.23. The van der Waals surface area contributed by atoms with Crippen LogP contribution in [0.1, 0.15) is 38.3 Å². The van der Waals surface area contributed by atoms with Gasteiger partial charge in [0.2, 0.25) is 10.0 Å². The molecule has 0 bridgehead atoms. The highest BCUT2D eigenvalue weighted by molar-refractivity contribution is 7.89. The molecular weight excluding hydrogens is 518 g/mol. The predicted molar refractivity (Wildman–Crippen MR) is 144 cm³/mol. The number of halogens is 1. The van der Waals surface area contributed by atoms with Crippen LogP contribution in [-0.4, -0.2) is 111 Å². The van der Waals surface area contributed by atoms with E-state index in [4.69, 9.17) is 4.74 Å². The van der Waals surface area contributed by atoms with Crippen LogP contribution in [0.15, 0.2) is 34.4 Å². The summed E-state index contributed by atoms with van der Waals surface area (Å²) in [6.45, 7) is 9.41. The Kier molecular flexibility index (Phi) is 10.2. The van der Waals surface area contributed by atoms with Crippen molar-refractivity contribution in [1.82, 2.24) is 24.3 Å². The summed E-state index contributed by atoms with van der Waals surface area (Å²) in [5, 5.41) is 12.3. The van der Waals surface area contributed by atoms with Gasteiger partial charge in [-0.25, -0.2) is 8.42 Å². The minimum Gasteiger partial charge on any atom is -0.493 e. The Balaban J connectivity index is 0.00000380. The molecule has 1 saturated heterocycles. The first-order chi connectivity index (χ1) is 17.3. The summed E-state index contributed by atoms with van der Waals surface area (Å²) in [5.74, 6) is 0.459. The van der Waals surface area contributed by atoms with Crippen LogP contribution in [0, 0.1) is 0 Å². The molecule has 0 radical (unpaired) electrons. The van der Waals surface area contributed by atoms with Crippen LogP contribution in [0.5, 0.6) is 5.75 Å². The maximum absolute atomic E-state index is 13.6. The van der Waals surface area contributed by atoms with E-state index in [-0.39, 0.29) is 29.8 Å². The minimum atomic E-state index is -3.72. The van der Waals surface area contributed by atoms with Gasteiger partial charge in [-0.3, -0.25) is 14.6 Å². The summed E-state index contributed by atoms with van der Waals surface area (Å²) in [5.41, 5.74) is 2.30. The molecule has 0 saturated carbocycles. The third-order valence-electron chi connectivity index (χ3n) is 7.01. The van der Waals surface area contributed by atoms with Crippen LogP contribution in [0.3, 0.4) is 0 Å². The van der Waals surface area contributed by atoms with Gasteiger partial charge in [0.1, 0.15) is 11.4 Å². The number of aliphatic hydroxyl groups excluding tert-OH is 1. The van der Waals surface area contributed by atoms with E-state index in [2.05, 4.69) is 22.0 Å². The first-order valence-electron chi connectivity index (χ1n) is 12.9. The molecule has 0 aliphatic carbocycles. The van der Waals surface area contributed by atoms with Gasteiger partial charge in [-0.05, 0) is 43.2 Å². The van der Waals surface area contributed by atoms with Gasteiger partial charge in [0, 0.05) is 51.9 Å². The average Bonchev–Trinajstić information content (AvgIpc) is 3.19. The predicted octanol–water partition coefficient (Wildman–Crippen LogP) is 1.24. The lowest BCUT2D eigenvalue weighted by atomic mass is 9.97. The number of β-amino-alcohol motifs (C(OH)–C–C–N with tert-alkyl or cyclic N) is 1. The largest absolute Gasteiger partial charge is 0.493 e. The number of hydrogen-bond acceptors (Lipinski definition) is 8. The zero-order valence-corrected chi connectivity index (χ0v) is 23.6. The number of carbonyl (C=O) groups excluding carboxylic acids is 1. The van der Waals surface area contributed by atoms with Crippen molar-refractivity contribution in [2.75, 3.05) is 72.7 Å². The fraction of sp³-hybridized carbons (Fsp3) is 0.640. The SMILES string of the molecule is CCCOc1ccc(S(=O)(=O)N2CCN(CCO)CC2)cc1C1NC(=O)C2=C1CN(CCC)CN2C.Cl. The van der Waals surface area contributed by atoms with E-state index < -0.39 is 16.1 Å². The molecule has 1 aromatic rings. The molecule has 1 aromatic carbocycles. The summed E-state index contributed by atoms with van der Waals surface area (Å²) in [7, 11) is -1.80. The van der Waals surface area contributed by atoms with Crippen LogP contribution in [0.4, 0.5) is 0 Å². The number of piperazine rings is 1. The van der Waals surface area contributed by atoms with Crippen LogP contribution in [0.2, 0.25) is 0 Å². The van der Waals surface area contributed by atoms with Gasteiger partial charge in [0.05, 0.1) is 30.8 Å². The second-order valence-corrected chi connectivity index (χ2v) is 11.6. The van der Waals surface area contributed by atoms with E-state index in [1.54, 1.807) is 18.2 Å². The smallest absolute Gasteiger partial charge is 0.268 e. The van der Waals surface area contributed by atoms with Crippen molar-refractivity contribution in [3.8, 4) is 5.75 Å². The van der Waals surface area contributed by atoms with Crippen LogP contribution in [0.25, 0.3) is 0 Å². The van der Waals surface area contributed by atoms with Gasteiger partial charge in [0.15, 0.2) is 0 Å². The highest BCUT2D eigenvalue weighted by Gasteiger charge is 2.40. The number of likely N-dealkylation sites (N-methyl/N-ethyl adjacent to an activating group) is 1. The molecule has 37 heavy (non-hydrogen) atoms. The average molecular weight is 558 g/mol. The lowest BCUT2D eigenvalue weighted by molar-refractivity contribution is -0.118. The third-order valence-corrected chi connectivity index (χ3v) is 8.90. The molecule has 3 heterocycles. The monoisotopic (exact) mass is 557 g/mol. The van der Waals surface area contributed by atoms with Crippen molar-refractivity contribution in [2.45, 2.75) is 37.6 Å². The molecule has 1 atom stereocenters. The number of nitrogens with zero attached hydrogens (tertiary/aromatic N) is 4. The summed E-state index contributed by atoms with van der Waals surface area (Å²) in [4.78, 5) is 19.5. The fourth-order valence-corrected chi connectivity index (χ4v) is 6.74. The van der Waals surface area contributed by atoms with Crippen molar-refractivity contribution < 1.29 is 23.1 Å². The van der Waals surface area contributed by atoms with E-state index in [0.29, 0.717) is 69.6 Å². The van der Waals surface area contributed by atoms with Crippen LogP contribution < -0.4 is 10.1 Å². The highest BCUT2D eigenvalue weighted by atomic mass is 35.5. The van der Waals surface area contributed by atoms with Gasteiger partial charge in [-0.2, -0.15) is 4.31 Å². The van der Waals surface area contributed by atoms with Crippen molar-refractivity contribution in [3.63, 3.8) is 0 Å². The Morgan fingerprint density at radius 3 is 2.46 bits per heavy atom. The number of rotatable bonds is 10. The van der Waals surface area contributed by atoms with Gasteiger partial charge in [-0.15, -0.1) is 12.4 Å². The Bertz CT molecular complexity index is 1090. The molecule has 208 valence electrons. The first-order valence-corrected chi connectivity index (χ1v) is 14.3. The molecule has 1 unspecified atom stereocenters. The van der Waals surface area contributed by atoms with Gasteiger partial charge < -0.3 is 20.1 Å². The number of aliphatic hydroxyl groups is 1. The Morgan fingerprint density at radius 1 is 1.08 bits per heavy atom. The van der Waals surface area contributed by atoms with Gasteiger partial charge in [0.25, 0.3) is 5.91 Å². The van der Waals surface area contributed by atoms with E-state index in [1.807, 2.05) is 18.9 Å². The number of ether oxygens (including phenoxy) is 1. The van der Waals surface area contributed by atoms with Gasteiger partial charge >= 0.3 is 0 Å². The Hall–Kier alpha value is -1.89. The van der Waals surface area contributed by atoms with E-state index >= 15 is 0 Å². The van der Waals surface area contributed by atoms with Crippen molar-refractivity contribution in [1.29, 1.82) is 0 Å². The maximum Gasteiger partial charge on any atom is 0.268 e. The maximum atomic E-state index is 13.6. The molecule has 3 aliphatic heterocycles. The van der Waals surface area contributed by atoms with Crippen molar-refractivity contribution in [3.05, 3.63) is 35.0 Å². The Labute approximate surface area is 226 Å². The number of hydrogen-bond donors (Lipinski definition) is 2. The number of carbonyl (C=O) groups is 1. The zero-order chi connectivity index (χ0) is 25.9. The van der Waals surface area contributed by atoms with E-state index in [0.717, 1.165) is 25.0 Å². The molecule has 0 spiro atoms. The molecular formula is C25H40ClN5O5S. The lowest BCUT2D eigenvalue weighted by Crippen LogP contribution is -2.49. The minimum absolute atomic E-state index is 0. The van der Waals surface area contributed by atoms with E-state index in [1.165, 1.54) is 4.31 Å². The molecule has 0 aromatic heterocycles. The fourth-order valence-electron chi connectivity index (χ4n) is 5.29. The number of benzene rings is 1. The molecule has 12 heteroatoms. The first kappa shape index (κ1) is 29.7. The second kappa shape index (κ2) is 12.8. The summed E-state index contributed by atoms with van der Waals surface area (Å²) < 4.78 is 34.7. The lowest BCUT2D eigenvalue weighted by Gasteiger charge is -2.35.